The van der Waals surface area contributed by atoms with Gasteiger partial charge in [-0.1, -0.05) is 24.3 Å². The molecule has 0 bridgehead atoms. The molecule has 5 nitrogen and oxygen atoms in total. The fourth-order valence-corrected chi connectivity index (χ4v) is 2.64. The van der Waals surface area contributed by atoms with Crippen LogP contribution in [0, 0.1) is 5.82 Å². The number of carboxylic acids is 1. The molecule has 0 atom stereocenters. The zero-order valence-corrected chi connectivity index (χ0v) is 14.6. The molecule has 0 fully saturated rings. The quantitative estimate of drug-likeness (QED) is 0.389. The number of carboxylic acid groups (broad SMARTS) is 1. The second-order valence-corrected chi connectivity index (χ2v) is 6.00. The van der Waals surface area contributed by atoms with E-state index in [9.17, 15) is 22.4 Å². The third-order valence-corrected chi connectivity index (χ3v) is 3.93. The maximum Gasteiger partial charge on any atom is 0.573 e. The first kappa shape index (κ1) is 20.0. The molecule has 150 valence electrons. The fourth-order valence-electron chi connectivity index (χ4n) is 2.64. The van der Waals surface area contributed by atoms with Crippen molar-refractivity contribution >= 4 is 23.0 Å². The Morgan fingerprint density at radius 1 is 1.00 bits per heavy atom. The number of ether oxygens (including phenoxy) is 1. The van der Waals surface area contributed by atoms with Crippen LogP contribution in [0.25, 0.3) is 11.1 Å². The van der Waals surface area contributed by atoms with Gasteiger partial charge in [-0.15, -0.1) is 13.2 Å². The number of rotatable bonds is 5. The normalized spacial score (nSPS) is 11.2. The van der Waals surface area contributed by atoms with E-state index in [-0.39, 0.29) is 17.1 Å². The number of aromatic carboxylic acids is 1. The van der Waals surface area contributed by atoms with E-state index in [4.69, 9.17) is 10.8 Å². The Kier molecular flexibility index (Phi) is 5.31. The number of nitrogens with two attached hydrogens (primary N) is 1. The Balaban J connectivity index is 1.85. The zero-order valence-electron chi connectivity index (χ0n) is 14.6. The second-order valence-electron chi connectivity index (χ2n) is 6.00. The highest BCUT2D eigenvalue weighted by Crippen LogP contribution is 2.30. The number of alkyl halides is 3. The van der Waals surface area contributed by atoms with Gasteiger partial charge in [0.25, 0.3) is 0 Å². The average molecular weight is 406 g/mol. The van der Waals surface area contributed by atoms with Crippen LogP contribution in [0.3, 0.4) is 0 Å². The van der Waals surface area contributed by atoms with Crippen LogP contribution in [0.1, 0.15) is 10.4 Å². The van der Waals surface area contributed by atoms with Gasteiger partial charge in [0.2, 0.25) is 0 Å². The molecule has 0 unspecified atom stereocenters. The van der Waals surface area contributed by atoms with E-state index in [1.165, 1.54) is 24.3 Å². The van der Waals surface area contributed by atoms with Gasteiger partial charge in [0, 0.05) is 5.69 Å². The predicted molar refractivity (Wildman–Crippen MR) is 99.6 cm³/mol. The molecular weight excluding hydrogens is 392 g/mol. The maximum absolute atomic E-state index is 13.7. The Morgan fingerprint density at radius 2 is 1.69 bits per heavy atom. The lowest BCUT2D eigenvalue weighted by atomic mass is 10.0. The lowest BCUT2D eigenvalue weighted by Crippen LogP contribution is -2.16. The van der Waals surface area contributed by atoms with Gasteiger partial charge >= 0.3 is 12.3 Å². The summed E-state index contributed by atoms with van der Waals surface area (Å²) in [6, 6.07) is 14.1. The molecule has 0 amide bonds. The van der Waals surface area contributed by atoms with Gasteiger partial charge in [-0.3, -0.25) is 0 Å². The van der Waals surface area contributed by atoms with Gasteiger partial charge in [-0.05, 0) is 47.5 Å². The number of nitrogens with one attached hydrogen (secondary N) is 1. The monoisotopic (exact) mass is 406 g/mol. The summed E-state index contributed by atoms with van der Waals surface area (Å²) in [6.45, 7) is 0. The third-order valence-electron chi connectivity index (χ3n) is 3.93. The summed E-state index contributed by atoms with van der Waals surface area (Å²) in [5.74, 6) is -2.72. The first-order chi connectivity index (χ1) is 13.6. The minimum atomic E-state index is -4.77. The van der Waals surface area contributed by atoms with Crippen LogP contribution >= 0.6 is 0 Å². The van der Waals surface area contributed by atoms with Crippen LogP contribution < -0.4 is 15.8 Å². The summed E-state index contributed by atoms with van der Waals surface area (Å²) in [5, 5.41) is 12.0. The van der Waals surface area contributed by atoms with Crippen molar-refractivity contribution in [2.45, 2.75) is 6.36 Å². The summed E-state index contributed by atoms with van der Waals surface area (Å²) < 4.78 is 54.3. The van der Waals surface area contributed by atoms with E-state index < -0.39 is 23.7 Å². The summed E-state index contributed by atoms with van der Waals surface area (Å²) in [5.41, 5.74) is 7.27. The first-order valence-electron chi connectivity index (χ1n) is 8.18. The minimum Gasteiger partial charge on any atom is -0.478 e. The van der Waals surface area contributed by atoms with Crippen molar-refractivity contribution in [1.82, 2.24) is 0 Å². The largest absolute Gasteiger partial charge is 0.573 e. The van der Waals surface area contributed by atoms with E-state index >= 15 is 0 Å². The second kappa shape index (κ2) is 7.70. The zero-order chi connectivity index (χ0) is 21.2. The van der Waals surface area contributed by atoms with E-state index in [1.54, 1.807) is 24.3 Å². The molecule has 3 aromatic carbocycles. The van der Waals surface area contributed by atoms with E-state index in [2.05, 4.69) is 10.1 Å². The highest BCUT2D eigenvalue weighted by Gasteiger charge is 2.30. The van der Waals surface area contributed by atoms with Crippen molar-refractivity contribution in [3.05, 3.63) is 72.0 Å². The predicted octanol–water partition coefficient (Wildman–Crippen LogP) is 5.42. The molecule has 0 radical (unpaired) electrons. The van der Waals surface area contributed by atoms with Crippen molar-refractivity contribution in [2.24, 2.45) is 0 Å². The molecule has 0 aliphatic heterocycles. The minimum absolute atomic E-state index is 0.0200. The van der Waals surface area contributed by atoms with Gasteiger partial charge in [0.15, 0.2) is 0 Å². The third kappa shape index (κ3) is 4.95. The fraction of sp³-hybridized carbons (Fsp3) is 0.0500. The standard InChI is InChI=1S/C20H14F4N2O3/c21-16-10-17(25)18(9-15(16)19(27)28)26-13-3-1-2-12(8-13)11-4-6-14(7-5-11)29-20(22,23)24/h1-10,26H,25H2,(H,27,28). The first-order valence-corrected chi connectivity index (χ1v) is 8.18. The van der Waals surface area contributed by atoms with Crippen molar-refractivity contribution in [1.29, 1.82) is 0 Å². The molecule has 0 aliphatic carbocycles. The smallest absolute Gasteiger partial charge is 0.478 e. The van der Waals surface area contributed by atoms with E-state index in [0.29, 0.717) is 16.8 Å². The topological polar surface area (TPSA) is 84.6 Å². The van der Waals surface area contributed by atoms with Gasteiger partial charge in [0.1, 0.15) is 11.6 Å². The average Bonchev–Trinajstić information content (AvgIpc) is 2.63. The number of anilines is 3. The molecule has 9 heteroatoms. The van der Waals surface area contributed by atoms with Crippen LogP contribution in [0.5, 0.6) is 5.75 Å². The molecule has 29 heavy (non-hydrogen) atoms. The highest BCUT2D eigenvalue weighted by atomic mass is 19.4. The van der Waals surface area contributed by atoms with E-state index in [1.807, 2.05) is 0 Å². The lowest BCUT2D eigenvalue weighted by molar-refractivity contribution is -0.274. The number of benzene rings is 3. The molecule has 4 N–H and O–H groups in total. The van der Waals surface area contributed by atoms with Crippen LogP contribution in [-0.2, 0) is 0 Å². The lowest BCUT2D eigenvalue weighted by Gasteiger charge is -2.13. The number of hydrogen-bond acceptors (Lipinski definition) is 4. The van der Waals surface area contributed by atoms with Crippen molar-refractivity contribution in [2.75, 3.05) is 11.1 Å². The molecule has 0 saturated heterocycles. The summed E-state index contributed by atoms with van der Waals surface area (Å²) in [7, 11) is 0. The van der Waals surface area contributed by atoms with Gasteiger partial charge in [0.05, 0.1) is 16.9 Å². The van der Waals surface area contributed by atoms with Crippen molar-refractivity contribution in [3.63, 3.8) is 0 Å². The van der Waals surface area contributed by atoms with Crippen LogP contribution in [0.4, 0.5) is 34.6 Å². The number of carbonyl (C=O) groups is 1. The Labute approximate surface area is 162 Å². The summed E-state index contributed by atoms with van der Waals surface area (Å²) in [4.78, 5) is 11.1. The molecule has 3 aromatic rings. The van der Waals surface area contributed by atoms with Gasteiger partial charge in [-0.25, -0.2) is 9.18 Å². The van der Waals surface area contributed by atoms with Crippen LogP contribution in [0.15, 0.2) is 60.7 Å². The summed E-state index contributed by atoms with van der Waals surface area (Å²) >= 11 is 0. The van der Waals surface area contributed by atoms with Crippen molar-refractivity contribution < 1.29 is 32.2 Å². The Bertz CT molecular complexity index is 1050. The Hall–Kier alpha value is -3.75. The van der Waals surface area contributed by atoms with E-state index in [0.717, 1.165) is 12.1 Å². The molecule has 3 rings (SSSR count). The van der Waals surface area contributed by atoms with Gasteiger partial charge < -0.3 is 20.9 Å². The maximum atomic E-state index is 13.7. The SMILES string of the molecule is Nc1cc(F)c(C(=O)O)cc1Nc1cccc(-c2ccc(OC(F)(F)F)cc2)c1. The van der Waals surface area contributed by atoms with Gasteiger partial charge in [-0.2, -0.15) is 0 Å². The molecule has 0 saturated carbocycles. The highest BCUT2D eigenvalue weighted by molar-refractivity contribution is 5.91. The number of hydrogen-bond donors (Lipinski definition) is 3. The molecule has 0 heterocycles. The van der Waals surface area contributed by atoms with Crippen LogP contribution in [0.2, 0.25) is 0 Å². The molecule has 0 spiro atoms. The Morgan fingerprint density at radius 3 is 2.31 bits per heavy atom. The number of halogens is 4. The summed E-state index contributed by atoms with van der Waals surface area (Å²) in [6.07, 6.45) is -4.77. The molecule has 0 aliphatic rings. The van der Waals surface area contributed by atoms with Crippen LogP contribution in [-0.4, -0.2) is 17.4 Å². The molecular formula is C20H14F4N2O3. The molecule has 0 aromatic heterocycles. The number of nitrogen functional groups attached to an aromatic ring is 1. The van der Waals surface area contributed by atoms with Crippen molar-refractivity contribution in [3.8, 4) is 16.9 Å².